The van der Waals surface area contributed by atoms with E-state index in [-0.39, 0.29) is 5.56 Å². The number of nitrogens with zero attached hydrogens (tertiary/aromatic N) is 2. The fraction of sp³-hybridized carbons (Fsp3) is 0.250. The van der Waals surface area contributed by atoms with E-state index in [1.54, 1.807) is 24.3 Å². The number of para-hydroxylation sites is 1. The molecule has 0 aliphatic carbocycles. The number of nitro groups is 1. The Morgan fingerprint density at radius 3 is 2.23 bits per heavy atom. The smallest absolute Gasteiger partial charge is 0.345 e. The number of anilines is 1. The average molecular weight is 414 g/mol. The van der Waals surface area contributed by atoms with Crippen LogP contribution in [0.5, 0.6) is 0 Å². The lowest BCUT2D eigenvalue weighted by Crippen LogP contribution is -2.43. The summed E-state index contributed by atoms with van der Waals surface area (Å²) >= 11 is 0. The summed E-state index contributed by atoms with van der Waals surface area (Å²) in [5.41, 5.74) is 4.96. The Morgan fingerprint density at radius 2 is 1.63 bits per heavy atom. The number of nitrogens with one attached hydrogen (secondary N) is 2. The van der Waals surface area contributed by atoms with Crippen molar-refractivity contribution in [3.63, 3.8) is 0 Å². The molecule has 10 heteroatoms. The fourth-order valence-corrected chi connectivity index (χ4v) is 2.66. The second kappa shape index (κ2) is 10.6. The maximum atomic E-state index is 12.1. The first-order chi connectivity index (χ1) is 14.4. The van der Waals surface area contributed by atoms with Crippen LogP contribution in [0.2, 0.25) is 0 Å². The van der Waals surface area contributed by atoms with E-state index < -0.39 is 35.0 Å². The molecule has 2 amide bonds. The second-order valence-electron chi connectivity index (χ2n) is 6.07. The summed E-state index contributed by atoms with van der Waals surface area (Å²) in [6.07, 6.45) is 0. The molecule has 0 heterocycles. The molecule has 0 aliphatic rings. The van der Waals surface area contributed by atoms with Gasteiger partial charge in [-0.05, 0) is 44.2 Å². The van der Waals surface area contributed by atoms with Crippen molar-refractivity contribution in [3.8, 4) is 0 Å². The van der Waals surface area contributed by atoms with E-state index in [0.29, 0.717) is 5.56 Å². The summed E-state index contributed by atoms with van der Waals surface area (Å²) < 4.78 is 4.77. The van der Waals surface area contributed by atoms with E-state index >= 15 is 0 Å². The van der Waals surface area contributed by atoms with Crippen LogP contribution < -0.4 is 15.8 Å². The fourth-order valence-electron chi connectivity index (χ4n) is 2.66. The highest BCUT2D eigenvalue weighted by atomic mass is 16.6. The third-order valence-corrected chi connectivity index (χ3v) is 4.23. The Kier molecular flexibility index (Phi) is 7.86. The van der Waals surface area contributed by atoms with E-state index in [4.69, 9.17) is 4.74 Å². The molecule has 0 atom stereocenters. The molecule has 0 radical (unpaired) electrons. The average Bonchev–Trinajstić information content (AvgIpc) is 2.77. The van der Waals surface area contributed by atoms with Crippen LogP contribution in [0.4, 0.5) is 11.4 Å². The highest BCUT2D eigenvalue weighted by Gasteiger charge is 2.21. The molecule has 2 aromatic rings. The summed E-state index contributed by atoms with van der Waals surface area (Å²) in [4.78, 5) is 48.2. The molecule has 0 saturated heterocycles. The number of benzene rings is 2. The maximum absolute atomic E-state index is 12.1. The molecular formula is C20H22N4O6. The minimum absolute atomic E-state index is 0.271. The molecule has 0 fully saturated rings. The number of carbonyl (C=O) groups excluding carboxylic acids is 3. The molecule has 2 aromatic carbocycles. The monoisotopic (exact) mass is 414 g/mol. The third-order valence-electron chi connectivity index (χ3n) is 4.23. The Bertz CT molecular complexity index is 925. The van der Waals surface area contributed by atoms with Crippen LogP contribution in [0, 0.1) is 10.1 Å². The zero-order valence-corrected chi connectivity index (χ0v) is 16.6. The van der Waals surface area contributed by atoms with Crippen molar-refractivity contribution in [2.45, 2.75) is 13.8 Å². The van der Waals surface area contributed by atoms with Gasteiger partial charge < -0.3 is 9.64 Å². The molecule has 10 nitrogen and oxygen atoms in total. The Morgan fingerprint density at radius 1 is 1.00 bits per heavy atom. The number of esters is 1. The lowest BCUT2D eigenvalue weighted by atomic mass is 10.2. The van der Waals surface area contributed by atoms with Gasteiger partial charge in [0.05, 0.1) is 4.92 Å². The van der Waals surface area contributed by atoms with Gasteiger partial charge in [-0.3, -0.25) is 30.6 Å². The lowest BCUT2D eigenvalue weighted by molar-refractivity contribution is -0.385. The van der Waals surface area contributed by atoms with Gasteiger partial charge in [0, 0.05) is 30.4 Å². The Balaban J connectivity index is 1.85. The van der Waals surface area contributed by atoms with Crippen molar-refractivity contribution in [2.24, 2.45) is 0 Å². The lowest BCUT2D eigenvalue weighted by Gasteiger charge is -2.21. The van der Waals surface area contributed by atoms with Crippen molar-refractivity contribution < 1.29 is 24.0 Å². The SMILES string of the molecule is CCN(CC)c1ccc(C(=O)NNC(=O)COC(=O)c2ccccc2[N+](=O)[O-])cc1. The van der Waals surface area contributed by atoms with Crippen molar-refractivity contribution in [1.29, 1.82) is 0 Å². The molecule has 158 valence electrons. The number of rotatable bonds is 8. The number of amides is 2. The summed E-state index contributed by atoms with van der Waals surface area (Å²) in [5.74, 6) is -2.36. The van der Waals surface area contributed by atoms with Gasteiger partial charge in [0.1, 0.15) is 5.56 Å². The topological polar surface area (TPSA) is 131 Å². The molecule has 2 rings (SSSR count). The number of nitro benzene ring substituents is 1. The molecule has 0 spiro atoms. The summed E-state index contributed by atoms with van der Waals surface area (Å²) in [6, 6.07) is 12.1. The minimum atomic E-state index is -1.02. The standard InChI is InChI=1S/C20H22N4O6/c1-3-23(4-2)15-11-9-14(10-12-15)19(26)22-21-18(25)13-30-20(27)16-7-5-6-8-17(16)24(28)29/h5-12H,3-4,13H2,1-2H3,(H,21,25)(H,22,26). The van der Waals surface area contributed by atoms with E-state index in [0.717, 1.165) is 24.8 Å². The van der Waals surface area contributed by atoms with Crippen molar-refractivity contribution in [3.05, 3.63) is 69.8 Å². The number of hydrogen-bond donors (Lipinski definition) is 2. The number of carbonyl (C=O) groups is 3. The molecule has 0 saturated carbocycles. The van der Waals surface area contributed by atoms with E-state index in [9.17, 15) is 24.5 Å². The van der Waals surface area contributed by atoms with Crippen LogP contribution in [0.1, 0.15) is 34.6 Å². The van der Waals surface area contributed by atoms with Gasteiger partial charge in [-0.15, -0.1) is 0 Å². The summed E-state index contributed by atoms with van der Waals surface area (Å²) in [6.45, 7) is 5.02. The largest absolute Gasteiger partial charge is 0.452 e. The Hall–Kier alpha value is -3.95. The minimum Gasteiger partial charge on any atom is -0.452 e. The van der Waals surface area contributed by atoms with Crippen LogP contribution in [0.25, 0.3) is 0 Å². The van der Waals surface area contributed by atoms with Crippen molar-refractivity contribution in [2.75, 3.05) is 24.6 Å². The van der Waals surface area contributed by atoms with E-state index in [1.807, 2.05) is 13.8 Å². The normalized spacial score (nSPS) is 10.1. The first-order valence-corrected chi connectivity index (χ1v) is 9.22. The van der Waals surface area contributed by atoms with Crippen LogP contribution in [0.3, 0.4) is 0 Å². The van der Waals surface area contributed by atoms with Gasteiger partial charge in [0.15, 0.2) is 6.61 Å². The van der Waals surface area contributed by atoms with Gasteiger partial charge >= 0.3 is 5.97 Å². The van der Waals surface area contributed by atoms with Crippen LogP contribution in [-0.4, -0.2) is 42.4 Å². The van der Waals surface area contributed by atoms with Gasteiger partial charge in [-0.2, -0.15) is 0 Å². The van der Waals surface area contributed by atoms with Crippen LogP contribution in [0.15, 0.2) is 48.5 Å². The molecule has 0 unspecified atom stereocenters. The quantitative estimate of drug-likeness (QED) is 0.384. The van der Waals surface area contributed by atoms with Crippen molar-refractivity contribution >= 4 is 29.2 Å². The highest BCUT2D eigenvalue weighted by molar-refractivity contribution is 5.97. The number of ether oxygens (including phenoxy) is 1. The first kappa shape index (κ1) is 22.3. The van der Waals surface area contributed by atoms with Crippen LogP contribution >= 0.6 is 0 Å². The molecule has 0 bridgehead atoms. The first-order valence-electron chi connectivity index (χ1n) is 9.22. The predicted molar refractivity (Wildman–Crippen MR) is 109 cm³/mol. The Labute approximate surface area is 172 Å². The maximum Gasteiger partial charge on any atom is 0.345 e. The van der Waals surface area contributed by atoms with Gasteiger partial charge in [-0.25, -0.2) is 4.79 Å². The summed E-state index contributed by atoms with van der Waals surface area (Å²) in [5, 5.41) is 10.9. The van der Waals surface area contributed by atoms with Gasteiger partial charge in [-0.1, -0.05) is 12.1 Å². The van der Waals surface area contributed by atoms with Crippen LogP contribution in [-0.2, 0) is 9.53 Å². The third kappa shape index (κ3) is 5.77. The highest BCUT2D eigenvalue weighted by Crippen LogP contribution is 2.18. The molecule has 0 aromatic heterocycles. The molecule has 0 aliphatic heterocycles. The molecule has 30 heavy (non-hydrogen) atoms. The van der Waals surface area contributed by atoms with E-state index in [2.05, 4.69) is 15.8 Å². The number of hydrogen-bond acceptors (Lipinski definition) is 7. The van der Waals surface area contributed by atoms with Crippen molar-refractivity contribution in [1.82, 2.24) is 10.9 Å². The molecular weight excluding hydrogens is 392 g/mol. The zero-order chi connectivity index (χ0) is 22.1. The second-order valence-corrected chi connectivity index (χ2v) is 6.07. The van der Waals surface area contributed by atoms with Gasteiger partial charge in [0.2, 0.25) is 0 Å². The number of hydrazine groups is 1. The van der Waals surface area contributed by atoms with Gasteiger partial charge in [0.25, 0.3) is 17.5 Å². The summed E-state index contributed by atoms with van der Waals surface area (Å²) in [7, 11) is 0. The predicted octanol–water partition coefficient (Wildman–Crippen LogP) is 2.06. The zero-order valence-electron chi connectivity index (χ0n) is 16.6. The van der Waals surface area contributed by atoms with E-state index in [1.165, 1.54) is 18.2 Å². The molecule has 2 N–H and O–H groups in total.